The molecule has 0 saturated heterocycles. The summed E-state index contributed by atoms with van der Waals surface area (Å²) in [6.07, 6.45) is 0. The lowest BCUT2D eigenvalue weighted by molar-refractivity contribution is 0.266. The van der Waals surface area contributed by atoms with Crippen LogP contribution in [0, 0.1) is 0 Å². The van der Waals surface area contributed by atoms with Gasteiger partial charge >= 0.3 is 5.12 Å². The van der Waals surface area contributed by atoms with Gasteiger partial charge in [0.1, 0.15) is 0 Å². The molecular formula is C14H27N2O2SSi+. The maximum Gasteiger partial charge on any atom is 0.348 e. The Labute approximate surface area is 127 Å². The second kappa shape index (κ2) is 6.45. The molecule has 0 atom stereocenters. The Morgan fingerprint density at radius 1 is 1.45 bits per heavy atom. The van der Waals surface area contributed by atoms with Crippen molar-refractivity contribution in [3.05, 3.63) is 17.5 Å². The van der Waals surface area contributed by atoms with Crippen molar-refractivity contribution in [2.24, 2.45) is 7.05 Å². The summed E-state index contributed by atoms with van der Waals surface area (Å²) >= 11 is 1.40. The lowest BCUT2D eigenvalue weighted by Crippen LogP contribution is -2.40. The molecule has 0 aliphatic heterocycles. The molecule has 0 unspecified atom stereocenters. The molecule has 1 aromatic rings. The number of rotatable bonds is 5. The average molecular weight is 316 g/mol. The lowest BCUT2D eigenvalue weighted by Gasteiger charge is -2.36. The monoisotopic (exact) mass is 315 g/mol. The van der Waals surface area contributed by atoms with Crippen LogP contribution in [0.4, 0.5) is 0 Å². The Balaban J connectivity index is 2.67. The average Bonchev–Trinajstić information content (AvgIpc) is 2.63. The summed E-state index contributed by atoms with van der Waals surface area (Å²) in [5.74, 6) is 0.691. The first-order valence-electron chi connectivity index (χ1n) is 6.84. The highest BCUT2D eigenvalue weighted by molar-refractivity contribution is 8.12. The van der Waals surface area contributed by atoms with Gasteiger partial charge in [0.15, 0.2) is 8.32 Å². The van der Waals surface area contributed by atoms with Gasteiger partial charge in [-0.2, -0.15) is 5.10 Å². The van der Waals surface area contributed by atoms with Gasteiger partial charge < -0.3 is 4.43 Å². The van der Waals surface area contributed by atoms with E-state index >= 15 is 0 Å². The van der Waals surface area contributed by atoms with Crippen LogP contribution in [0.5, 0.6) is 0 Å². The molecule has 0 spiro atoms. The van der Waals surface area contributed by atoms with Gasteiger partial charge in [0, 0.05) is 7.05 Å². The van der Waals surface area contributed by atoms with Gasteiger partial charge in [-0.1, -0.05) is 20.8 Å². The largest absolute Gasteiger partial charge is 0.411 e. The van der Waals surface area contributed by atoms with Crippen molar-refractivity contribution in [3.8, 4) is 0 Å². The van der Waals surface area contributed by atoms with E-state index in [-0.39, 0.29) is 5.04 Å². The predicted octanol–water partition coefficient (Wildman–Crippen LogP) is 3.70. The van der Waals surface area contributed by atoms with Gasteiger partial charge in [0.25, 0.3) is 0 Å². The SMILES string of the molecule is CC(=[OH+])SCc1cc(CO[Si](C)(C)C(C)(C)C)n(C)n1. The standard InChI is InChI=1S/C14H26N2O2SSi/c1-11(17)19-10-12-8-13(16(5)15-12)9-18-20(6,7)14(2,3)4/h8H,9-10H2,1-7H3/p+1. The number of hydrogen-bond acceptors (Lipinski definition) is 3. The summed E-state index contributed by atoms with van der Waals surface area (Å²) < 4.78 is 8.09. The Morgan fingerprint density at radius 3 is 2.55 bits per heavy atom. The van der Waals surface area contributed by atoms with Gasteiger partial charge in [-0.15, -0.1) is 0 Å². The van der Waals surface area contributed by atoms with E-state index in [1.54, 1.807) is 6.92 Å². The maximum atomic E-state index is 9.22. The van der Waals surface area contributed by atoms with Crippen molar-refractivity contribution < 1.29 is 9.22 Å². The fourth-order valence-electron chi connectivity index (χ4n) is 1.43. The molecule has 4 nitrogen and oxygen atoms in total. The number of thioether (sulfide) groups is 1. The number of aryl methyl sites for hydroxylation is 1. The second-order valence-corrected chi connectivity index (χ2v) is 12.6. The number of aromatic nitrogens is 2. The van der Waals surface area contributed by atoms with Gasteiger partial charge in [-0.05, 0) is 36.0 Å². The molecular weight excluding hydrogens is 288 g/mol. The first-order valence-corrected chi connectivity index (χ1v) is 10.7. The van der Waals surface area contributed by atoms with Crippen LogP contribution in [-0.2, 0) is 23.8 Å². The zero-order valence-electron chi connectivity index (χ0n) is 13.6. The Hall–Kier alpha value is -0.593. The van der Waals surface area contributed by atoms with Gasteiger partial charge in [-0.25, -0.2) is 0 Å². The molecule has 114 valence electrons. The van der Waals surface area contributed by atoms with Crippen LogP contribution >= 0.6 is 11.8 Å². The highest BCUT2D eigenvalue weighted by Gasteiger charge is 2.37. The van der Waals surface area contributed by atoms with Crippen molar-refractivity contribution in [1.29, 1.82) is 0 Å². The molecule has 1 heterocycles. The number of carbonyl (C=O) groups excluding carboxylic acids is 1. The van der Waals surface area contributed by atoms with Gasteiger partial charge in [-0.3, -0.25) is 9.48 Å². The van der Waals surface area contributed by atoms with Crippen molar-refractivity contribution in [1.82, 2.24) is 9.78 Å². The molecule has 1 N–H and O–H groups in total. The van der Waals surface area contributed by atoms with Crippen LogP contribution in [0.25, 0.3) is 0 Å². The highest BCUT2D eigenvalue weighted by atomic mass is 32.2. The van der Waals surface area contributed by atoms with Crippen molar-refractivity contribution in [2.45, 2.75) is 58.2 Å². The minimum Gasteiger partial charge on any atom is -0.411 e. The molecule has 0 aromatic carbocycles. The molecule has 0 fully saturated rings. The number of hydrogen-bond donors (Lipinski definition) is 0. The minimum atomic E-state index is -1.73. The smallest absolute Gasteiger partial charge is 0.348 e. The third-order valence-corrected chi connectivity index (χ3v) is 9.18. The number of nitrogens with zero attached hydrogens (tertiary/aromatic N) is 2. The van der Waals surface area contributed by atoms with E-state index in [0.29, 0.717) is 17.5 Å². The second-order valence-electron chi connectivity index (χ2n) is 6.61. The molecule has 0 bridgehead atoms. The summed E-state index contributed by atoms with van der Waals surface area (Å²) in [5.41, 5.74) is 2.06. The van der Waals surface area contributed by atoms with E-state index in [2.05, 4.69) is 45.0 Å². The van der Waals surface area contributed by atoms with Crippen molar-refractivity contribution >= 4 is 25.2 Å². The van der Waals surface area contributed by atoms with E-state index in [9.17, 15) is 4.79 Å². The molecule has 0 saturated carbocycles. The van der Waals surface area contributed by atoms with Crippen molar-refractivity contribution in [3.63, 3.8) is 0 Å². The van der Waals surface area contributed by atoms with E-state index in [0.717, 1.165) is 11.4 Å². The van der Waals surface area contributed by atoms with E-state index in [1.165, 1.54) is 11.8 Å². The third kappa shape index (κ3) is 4.75. The topological polar surface area (TPSA) is 48.5 Å². The van der Waals surface area contributed by atoms with E-state index in [1.807, 2.05) is 11.7 Å². The summed E-state index contributed by atoms with van der Waals surface area (Å²) in [6.45, 7) is 13.5. The zero-order chi connectivity index (χ0) is 15.6. The molecule has 0 amide bonds. The molecule has 0 aliphatic rings. The van der Waals surface area contributed by atoms with Gasteiger partial charge in [0.2, 0.25) is 0 Å². The Kier molecular flexibility index (Phi) is 5.63. The van der Waals surface area contributed by atoms with E-state index in [4.69, 9.17) is 4.43 Å². The van der Waals surface area contributed by atoms with Crippen molar-refractivity contribution in [2.75, 3.05) is 0 Å². The van der Waals surface area contributed by atoms with Crippen LogP contribution in [0.15, 0.2) is 6.07 Å². The quantitative estimate of drug-likeness (QED) is 0.615. The minimum absolute atomic E-state index is 0.216. The van der Waals surface area contributed by atoms with Crippen LogP contribution < -0.4 is 0 Å². The van der Waals surface area contributed by atoms with Crippen LogP contribution in [0.2, 0.25) is 18.1 Å². The molecule has 6 heteroatoms. The summed E-state index contributed by atoms with van der Waals surface area (Å²) in [7, 11) is 0.210. The maximum absolute atomic E-state index is 9.22. The normalized spacial score (nSPS) is 12.8. The van der Waals surface area contributed by atoms with Crippen LogP contribution in [0.1, 0.15) is 39.1 Å². The Morgan fingerprint density at radius 2 is 2.05 bits per heavy atom. The molecule has 1 rings (SSSR count). The molecule has 20 heavy (non-hydrogen) atoms. The summed E-state index contributed by atoms with van der Waals surface area (Å²) in [6, 6.07) is 2.06. The molecule has 1 aromatic heterocycles. The highest BCUT2D eigenvalue weighted by Crippen LogP contribution is 2.37. The zero-order valence-corrected chi connectivity index (χ0v) is 15.5. The van der Waals surface area contributed by atoms with Crippen LogP contribution in [-0.4, -0.2) is 28.0 Å². The van der Waals surface area contributed by atoms with Crippen LogP contribution in [0.3, 0.4) is 0 Å². The first kappa shape index (κ1) is 17.5. The molecule has 0 radical (unpaired) electrons. The molecule has 0 aliphatic carbocycles. The van der Waals surface area contributed by atoms with E-state index < -0.39 is 8.32 Å². The first-order chi connectivity index (χ1) is 9.03. The summed E-state index contributed by atoms with van der Waals surface area (Å²) in [4.78, 5) is 9.22. The Bertz CT molecular complexity index is 478. The third-order valence-electron chi connectivity index (χ3n) is 3.84. The van der Waals surface area contributed by atoms with Gasteiger partial charge in [0.05, 0.1) is 30.7 Å². The summed E-state index contributed by atoms with van der Waals surface area (Å²) in [5, 5.41) is 5.04. The fourth-order valence-corrected chi connectivity index (χ4v) is 2.87. The predicted molar refractivity (Wildman–Crippen MR) is 89.1 cm³/mol. The lowest BCUT2D eigenvalue weighted by atomic mass is 10.2. The fraction of sp³-hybridized carbons (Fsp3) is 0.714.